The SMILES string of the molecule is CC(C)c1cc(I)cc(C(C)C)c1[N+]1(c2c(C(C)C)cc(I)cc2C(C)C)C=CN=C1. The van der Waals surface area contributed by atoms with Gasteiger partial charge < -0.3 is 0 Å². The maximum atomic E-state index is 4.70. The normalized spacial score (nSPS) is 15.3. The van der Waals surface area contributed by atoms with E-state index in [1.165, 1.54) is 40.8 Å². The average molecular weight is 641 g/mol. The van der Waals surface area contributed by atoms with Gasteiger partial charge in [-0.15, -0.1) is 0 Å². The number of halogens is 2. The molecule has 3 rings (SSSR count). The fourth-order valence-electron chi connectivity index (χ4n) is 4.60. The number of benzene rings is 2. The first-order valence-electron chi connectivity index (χ1n) is 11.3. The monoisotopic (exact) mass is 641 g/mol. The Morgan fingerprint density at radius 2 is 0.935 bits per heavy atom. The highest BCUT2D eigenvalue weighted by Gasteiger charge is 2.42. The van der Waals surface area contributed by atoms with Crippen LogP contribution in [0.25, 0.3) is 0 Å². The van der Waals surface area contributed by atoms with Crippen LogP contribution in [0.5, 0.6) is 0 Å². The van der Waals surface area contributed by atoms with Gasteiger partial charge in [-0.2, -0.15) is 4.48 Å². The molecule has 0 N–H and O–H groups in total. The molecular weight excluding hydrogens is 606 g/mol. The average Bonchev–Trinajstić information content (AvgIpc) is 3.16. The van der Waals surface area contributed by atoms with Crippen LogP contribution in [0.3, 0.4) is 0 Å². The molecule has 1 heterocycles. The van der Waals surface area contributed by atoms with Crippen LogP contribution in [-0.2, 0) is 0 Å². The van der Waals surface area contributed by atoms with Crippen molar-refractivity contribution in [3.8, 4) is 0 Å². The molecule has 1 aliphatic heterocycles. The zero-order valence-electron chi connectivity index (χ0n) is 20.0. The lowest BCUT2D eigenvalue weighted by atomic mass is 9.87. The number of aliphatic imine (C=N–C) groups is 1. The number of rotatable bonds is 6. The summed E-state index contributed by atoms with van der Waals surface area (Å²) < 4.78 is 3.20. The second kappa shape index (κ2) is 9.64. The number of nitrogens with zero attached hydrogens (tertiary/aromatic N) is 2. The van der Waals surface area contributed by atoms with Gasteiger partial charge in [0, 0.05) is 29.4 Å². The molecular formula is C27H35I2N2+. The third kappa shape index (κ3) is 4.67. The zero-order valence-corrected chi connectivity index (χ0v) is 24.3. The van der Waals surface area contributed by atoms with Gasteiger partial charge in [0.15, 0.2) is 11.4 Å². The Bertz CT molecular complexity index is 888. The van der Waals surface area contributed by atoms with Crippen LogP contribution in [0.2, 0.25) is 0 Å². The molecule has 0 amide bonds. The minimum absolute atomic E-state index is 0.425. The molecule has 0 saturated heterocycles. The predicted molar refractivity (Wildman–Crippen MR) is 154 cm³/mol. The van der Waals surface area contributed by atoms with Crippen molar-refractivity contribution in [2.45, 2.75) is 79.1 Å². The Morgan fingerprint density at radius 1 is 0.613 bits per heavy atom. The van der Waals surface area contributed by atoms with Crippen LogP contribution in [0, 0.1) is 7.14 Å². The van der Waals surface area contributed by atoms with Gasteiger partial charge in [-0.25, -0.2) is 4.99 Å². The second-order valence-corrected chi connectivity index (χ2v) is 12.3. The summed E-state index contributed by atoms with van der Waals surface area (Å²) in [5.74, 6) is 1.70. The van der Waals surface area contributed by atoms with Crippen molar-refractivity contribution in [3.05, 3.63) is 66.1 Å². The van der Waals surface area contributed by atoms with Gasteiger partial charge in [0.05, 0.1) is 6.20 Å². The van der Waals surface area contributed by atoms with Crippen molar-refractivity contribution in [1.82, 2.24) is 4.48 Å². The summed E-state index contributed by atoms with van der Waals surface area (Å²) in [5, 5.41) is 0. The smallest absolute Gasteiger partial charge is 0.205 e. The highest BCUT2D eigenvalue weighted by molar-refractivity contribution is 14.1. The quantitative estimate of drug-likeness (QED) is 0.220. The van der Waals surface area contributed by atoms with Gasteiger partial charge in [-0.1, -0.05) is 55.4 Å². The van der Waals surface area contributed by atoms with E-state index in [4.69, 9.17) is 4.99 Å². The van der Waals surface area contributed by atoms with E-state index in [2.05, 4.69) is 137 Å². The minimum Gasteiger partial charge on any atom is -0.205 e. The summed E-state index contributed by atoms with van der Waals surface area (Å²) in [6, 6.07) is 9.51. The second-order valence-electron chi connectivity index (χ2n) is 9.82. The van der Waals surface area contributed by atoms with Crippen LogP contribution in [-0.4, -0.2) is 6.34 Å². The summed E-state index contributed by atoms with van der Waals surface area (Å²) >= 11 is 4.95. The highest BCUT2D eigenvalue weighted by Crippen LogP contribution is 2.51. The van der Waals surface area contributed by atoms with Crippen molar-refractivity contribution in [2.75, 3.05) is 0 Å². The molecule has 0 saturated carbocycles. The van der Waals surface area contributed by atoms with Crippen molar-refractivity contribution >= 4 is 62.9 Å². The molecule has 4 heteroatoms. The molecule has 31 heavy (non-hydrogen) atoms. The first kappa shape index (κ1) is 24.9. The van der Waals surface area contributed by atoms with E-state index >= 15 is 0 Å². The van der Waals surface area contributed by atoms with Crippen LogP contribution >= 0.6 is 45.2 Å². The predicted octanol–water partition coefficient (Wildman–Crippen LogP) is 9.54. The minimum atomic E-state index is 0.425. The third-order valence-corrected chi connectivity index (χ3v) is 7.38. The molecule has 0 aliphatic carbocycles. The highest BCUT2D eigenvalue weighted by atomic mass is 127. The lowest BCUT2D eigenvalue weighted by Crippen LogP contribution is -2.39. The van der Waals surface area contributed by atoms with Crippen LogP contribution in [0.15, 0.2) is 41.7 Å². The molecule has 0 atom stereocenters. The topological polar surface area (TPSA) is 12.4 Å². The summed E-state index contributed by atoms with van der Waals surface area (Å²) in [6.07, 6.45) is 6.43. The molecule has 2 nitrogen and oxygen atoms in total. The van der Waals surface area contributed by atoms with E-state index in [0.717, 1.165) is 0 Å². The molecule has 0 radical (unpaired) electrons. The van der Waals surface area contributed by atoms with Crippen molar-refractivity contribution in [2.24, 2.45) is 4.99 Å². The van der Waals surface area contributed by atoms with E-state index in [0.29, 0.717) is 28.2 Å². The molecule has 166 valence electrons. The summed E-state index contributed by atoms with van der Waals surface area (Å²) in [5.41, 5.74) is 8.42. The van der Waals surface area contributed by atoms with Crippen molar-refractivity contribution in [1.29, 1.82) is 0 Å². The summed E-state index contributed by atoms with van der Waals surface area (Å²) in [6.45, 7) is 18.5. The van der Waals surface area contributed by atoms with Gasteiger partial charge >= 0.3 is 0 Å². The van der Waals surface area contributed by atoms with Gasteiger partial charge in [0.1, 0.15) is 6.20 Å². The molecule has 0 bridgehead atoms. The Hall–Kier alpha value is -0.730. The molecule has 0 unspecified atom stereocenters. The van der Waals surface area contributed by atoms with Crippen LogP contribution in [0.4, 0.5) is 11.4 Å². The first-order valence-corrected chi connectivity index (χ1v) is 13.4. The van der Waals surface area contributed by atoms with E-state index in [1.807, 2.05) is 6.20 Å². The molecule has 2 aromatic rings. The fraction of sp³-hybridized carbons (Fsp3) is 0.444. The molecule has 0 fully saturated rings. The molecule has 2 aromatic carbocycles. The number of quaternary nitrogens is 1. The molecule has 1 aliphatic rings. The van der Waals surface area contributed by atoms with Gasteiger partial charge in [0.2, 0.25) is 6.34 Å². The third-order valence-electron chi connectivity index (χ3n) is 6.13. The zero-order chi connectivity index (χ0) is 23.1. The Labute approximate surface area is 216 Å². The first-order chi connectivity index (χ1) is 14.5. The van der Waals surface area contributed by atoms with E-state index in [9.17, 15) is 0 Å². The van der Waals surface area contributed by atoms with E-state index in [-0.39, 0.29) is 0 Å². The van der Waals surface area contributed by atoms with E-state index in [1.54, 1.807) is 0 Å². The number of hydrogen-bond acceptors (Lipinski definition) is 1. The Morgan fingerprint density at radius 3 is 1.16 bits per heavy atom. The largest absolute Gasteiger partial charge is 0.205 e. The van der Waals surface area contributed by atoms with Gasteiger partial charge in [-0.05, 0) is 93.1 Å². The summed E-state index contributed by atoms with van der Waals surface area (Å²) in [7, 11) is 0. The standard InChI is InChI=1S/C27H35I2N2/c1-16(2)22-11-20(28)12-23(17(3)4)26(22)31(10-9-30-15-31)27-24(18(5)6)13-21(29)14-25(27)19(7)8/h9-19H,1-8H3/q+1. The Kier molecular flexibility index (Phi) is 7.74. The molecule has 0 aromatic heterocycles. The maximum absolute atomic E-state index is 4.70. The summed E-state index contributed by atoms with van der Waals surface area (Å²) in [4.78, 5) is 4.70. The van der Waals surface area contributed by atoms with Gasteiger partial charge in [-0.3, -0.25) is 0 Å². The fourth-order valence-corrected chi connectivity index (χ4v) is 5.94. The maximum Gasteiger partial charge on any atom is 0.205 e. The molecule has 0 spiro atoms. The Balaban J connectivity index is 2.55. The van der Waals surface area contributed by atoms with E-state index < -0.39 is 0 Å². The lowest BCUT2D eigenvalue weighted by Gasteiger charge is -2.36. The lowest BCUT2D eigenvalue weighted by molar-refractivity contribution is 0.676. The van der Waals surface area contributed by atoms with Crippen molar-refractivity contribution in [3.63, 3.8) is 0 Å². The van der Waals surface area contributed by atoms with Gasteiger partial charge in [0.25, 0.3) is 0 Å². The van der Waals surface area contributed by atoms with Crippen molar-refractivity contribution < 1.29 is 0 Å². The van der Waals surface area contributed by atoms with Crippen LogP contribution < -0.4 is 4.48 Å². The van der Waals surface area contributed by atoms with Crippen LogP contribution in [0.1, 0.15) is 101 Å². The number of hydrogen-bond donors (Lipinski definition) is 0.